The number of aliphatic hydroxyl groups is 1. The topological polar surface area (TPSA) is 158 Å². The fourth-order valence-electron chi connectivity index (χ4n) is 4.76. The smallest absolute Gasteiger partial charge is 0.389 e. The van der Waals surface area contributed by atoms with Gasteiger partial charge in [-0.25, -0.2) is 9.20 Å². The highest BCUT2D eigenvalue weighted by Gasteiger charge is 2.42. The van der Waals surface area contributed by atoms with E-state index in [0.717, 1.165) is 5.56 Å². The highest BCUT2D eigenvalue weighted by molar-refractivity contribution is 6.09. The molecular formula is C27H26F3N9O4. The van der Waals surface area contributed by atoms with E-state index in [1.54, 1.807) is 60.6 Å². The Morgan fingerprint density at radius 1 is 1.19 bits per heavy atom. The number of ether oxygens (including phenoxy) is 1. The second kappa shape index (κ2) is 10.5. The fraction of sp³-hybridized carbons (Fsp3) is 0.370. The molecule has 0 aliphatic heterocycles. The Hall–Kier alpha value is -4.70. The first-order valence-electron chi connectivity index (χ1n) is 13.3. The maximum Gasteiger partial charge on any atom is 0.522 e. The summed E-state index contributed by atoms with van der Waals surface area (Å²) in [6.07, 6.45) is 1.04. The first kappa shape index (κ1) is 28.4. The summed E-state index contributed by atoms with van der Waals surface area (Å²) in [4.78, 5) is 21.9. The molecule has 5 aromatic heterocycles. The third-order valence-electron chi connectivity index (χ3n) is 6.92. The summed E-state index contributed by atoms with van der Waals surface area (Å²) in [6.45, 7) is 5.36. The summed E-state index contributed by atoms with van der Waals surface area (Å²) in [5.41, 5.74) is 2.66. The summed E-state index contributed by atoms with van der Waals surface area (Å²) >= 11 is 0. The predicted octanol–water partition coefficient (Wildman–Crippen LogP) is 4.15. The van der Waals surface area contributed by atoms with Crippen LogP contribution in [0.2, 0.25) is 0 Å². The lowest BCUT2D eigenvalue weighted by Gasteiger charge is -2.32. The van der Waals surface area contributed by atoms with Crippen molar-refractivity contribution in [1.29, 1.82) is 0 Å². The number of fused-ring (bicyclic) bond motifs is 1. The highest BCUT2D eigenvalue weighted by Crippen LogP contribution is 2.41. The summed E-state index contributed by atoms with van der Waals surface area (Å²) in [5, 5.41) is 29.4. The Bertz CT molecular complexity index is 1800. The Balaban J connectivity index is 1.15. The van der Waals surface area contributed by atoms with Crippen molar-refractivity contribution >= 4 is 17.1 Å². The predicted molar refractivity (Wildman–Crippen MR) is 144 cm³/mol. The minimum absolute atomic E-state index is 0.123. The van der Waals surface area contributed by atoms with Gasteiger partial charge in [0.05, 0.1) is 53.1 Å². The molecule has 16 heteroatoms. The largest absolute Gasteiger partial charge is 0.522 e. The van der Waals surface area contributed by atoms with Gasteiger partial charge in [-0.3, -0.25) is 14.5 Å². The molecule has 0 bridgehead atoms. The third-order valence-corrected chi connectivity index (χ3v) is 6.92. The Morgan fingerprint density at radius 3 is 2.72 bits per heavy atom. The van der Waals surface area contributed by atoms with Crippen LogP contribution in [0.1, 0.15) is 54.5 Å². The van der Waals surface area contributed by atoms with Crippen LogP contribution < -0.4 is 5.32 Å². The van der Waals surface area contributed by atoms with E-state index in [4.69, 9.17) is 4.52 Å². The zero-order chi connectivity index (χ0) is 30.5. The van der Waals surface area contributed by atoms with E-state index in [1.807, 2.05) is 0 Å². The SMILES string of the molecule is Cc1ncc(-c2noc(C3CC(OC(F)(F)F)C3)n2)cc1NC(=O)c1cnn2cc(-c3cn(CC(C)(C)O)nn3)ccc12. The van der Waals surface area contributed by atoms with Crippen LogP contribution in [0.15, 0.2) is 47.5 Å². The van der Waals surface area contributed by atoms with Crippen molar-refractivity contribution in [2.75, 3.05) is 5.32 Å². The van der Waals surface area contributed by atoms with Gasteiger partial charge in [-0.1, -0.05) is 10.4 Å². The molecule has 0 unspecified atom stereocenters. The van der Waals surface area contributed by atoms with E-state index < -0.39 is 24.0 Å². The van der Waals surface area contributed by atoms with E-state index in [2.05, 4.69) is 40.6 Å². The van der Waals surface area contributed by atoms with Gasteiger partial charge in [-0.2, -0.15) is 10.1 Å². The maximum absolute atomic E-state index is 13.3. The Kier molecular flexibility index (Phi) is 6.96. The molecular weight excluding hydrogens is 571 g/mol. The monoisotopic (exact) mass is 597 g/mol. The number of alkyl halides is 3. The van der Waals surface area contributed by atoms with Crippen molar-refractivity contribution in [2.45, 2.75) is 64.1 Å². The van der Waals surface area contributed by atoms with Crippen molar-refractivity contribution in [3.8, 4) is 22.6 Å². The maximum atomic E-state index is 13.3. The zero-order valence-corrected chi connectivity index (χ0v) is 23.2. The lowest BCUT2D eigenvalue weighted by atomic mass is 9.82. The normalized spacial score (nSPS) is 17.3. The number of nitrogens with one attached hydrogen (secondary N) is 1. The number of hydrogen-bond donors (Lipinski definition) is 2. The molecule has 1 aliphatic rings. The van der Waals surface area contributed by atoms with Crippen molar-refractivity contribution in [2.24, 2.45) is 0 Å². The number of aryl methyl sites for hydroxylation is 1. The number of hydrogen-bond acceptors (Lipinski definition) is 10. The highest BCUT2D eigenvalue weighted by atomic mass is 19.4. The van der Waals surface area contributed by atoms with E-state index in [9.17, 15) is 23.1 Å². The molecule has 6 rings (SSSR count). The quantitative estimate of drug-likeness (QED) is 0.266. The van der Waals surface area contributed by atoms with Crippen LogP contribution in [0.4, 0.5) is 18.9 Å². The number of halogens is 3. The van der Waals surface area contributed by atoms with Crippen molar-refractivity contribution in [3.05, 3.63) is 60.1 Å². The van der Waals surface area contributed by atoms with Crippen LogP contribution in [0.3, 0.4) is 0 Å². The molecule has 1 amide bonds. The minimum atomic E-state index is -4.68. The van der Waals surface area contributed by atoms with Gasteiger partial charge in [-0.15, -0.1) is 18.3 Å². The van der Waals surface area contributed by atoms with Gasteiger partial charge in [0.25, 0.3) is 5.91 Å². The summed E-state index contributed by atoms with van der Waals surface area (Å²) in [6, 6.07) is 5.19. The van der Waals surface area contributed by atoms with Crippen molar-refractivity contribution < 1.29 is 32.3 Å². The number of aromatic nitrogens is 8. The van der Waals surface area contributed by atoms with E-state index in [1.165, 1.54) is 12.4 Å². The molecule has 1 saturated carbocycles. The average molecular weight is 598 g/mol. The molecule has 1 aliphatic carbocycles. The van der Waals surface area contributed by atoms with Crippen molar-refractivity contribution in [1.82, 2.24) is 39.7 Å². The van der Waals surface area contributed by atoms with Crippen LogP contribution in [-0.4, -0.2) is 68.8 Å². The molecule has 13 nitrogen and oxygen atoms in total. The number of rotatable bonds is 8. The van der Waals surface area contributed by atoms with Crippen LogP contribution in [0.25, 0.3) is 28.2 Å². The van der Waals surface area contributed by atoms with Gasteiger partial charge in [-0.05, 0) is 51.8 Å². The van der Waals surface area contributed by atoms with Crippen LogP contribution in [-0.2, 0) is 11.3 Å². The van der Waals surface area contributed by atoms with Gasteiger partial charge in [0, 0.05) is 29.4 Å². The molecule has 1 fully saturated rings. The zero-order valence-electron chi connectivity index (χ0n) is 23.2. The molecule has 5 aromatic rings. The second-order valence-corrected chi connectivity index (χ2v) is 11.0. The number of amides is 1. The summed E-state index contributed by atoms with van der Waals surface area (Å²) < 4.78 is 49.6. The molecule has 0 spiro atoms. The van der Waals surface area contributed by atoms with Crippen LogP contribution >= 0.6 is 0 Å². The van der Waals surface area contributed by atoms with E-state index >= 15 is 0 Å². The number of carbonyl (C=O) groups excluding carboxylic acids is 1. The van der Waals surface area contributed by atoms with E-state index in [0.29, 0.717) is 33.7 Å². The first-order valence-corrected chi connectivity index (χ1v) is 13.3. The molecule has 0 atom stereocenters. The third kappa shape index (κ3) is 6.24. The Labute approximate surface area is 241 Å². The van der Waals surface area contributed by atoms with Crippen LogP contribution in [0.5, 0.6) is 0 Å². The van der Waals surface area contributed by atoms with Crippen LogP contribution in [0, 0.1) is 6.92 Å². The molecule has 224 valence electrons. The minimum Gasteiger partial charge on any atom is -0.389 e. The molecule has 0 aromatic carbocycles. The van der Waals surface area contributed by atoms with Gasteiger partial charge < -0.3 is 14.9 Å². The summed E-state index contributed by atoms with van der Waals surface area (Å²) in [7, 11) is 0. The average Bonchev–Trinajstić information content (AvgIpc) is 3.65. The lowest BCUT2D eigenvalue weighted by Crippen LogP contribution is -2.34. The summed E-state index contributed by atoms with van der Waals surface area (Å²) in [5.74, 6) is -0.336. The van der Waals surface area contributed by atoms with Gasteiger partial charge >= 0.3 is 6.36 Å². The molecule has 5 heterocycles. The fourth-order valence-corrected chi connectivity index (χ4v) is 4.76. The number of anilines is 1. The van der Waals surface area contributed by atoms with Gasteiger partial charge in [0.15, 0.2) is 0 Å². The van der Waals surface area contributed by atoms with Crippen molar-refractivity contribution in [3.63, 3.8) is 0 Å². The molecule has 0 radical (unpaired) electrons. The number of nitrogens with zero attached hydrogens (tertiary/aromatic N) is 8. The molecule has 0 saturated heterocycles. The second-order valence-electron chi connectivity index (χ2n) is 11.0. The Morgan fingerprint density at radius 2 is 1.98 bits per heavy atom. The first-order chi connectivity index (χ1) is 20.3. The lowest BCUT2D eigenvalue weighted by molar-refractivity contribution is -0.352. The standard InChI is InChI=1S/C27H26F3N9O4/c1-14-20(8-17(9-31-14)23-34-25(43-36-23)16-6-18(7-16)42-27(28,29)30)33-24(40)19-10-32-39-11-15(4-5-22(19)39)21-12-38(37-35-21)13-26(2,3)41/h4-5,8-12,16,18,41H,6-7,13H2,1-3H3,(H,33,40). The van der Waals surface area contributed by atoms with E-state index in [-0.39, 0.29) is 37.0 Å². The van der Waals surface area contributed by atoms with Gasteiger partial charge in [0.1, 0.15) is 5.69 Å². The van der Waals surface area contributed by atoms with Gasteiger partial charge in [0.2, 0.25) is 11.7 Å². The number of carbonyl (C=O) groups is 1. The molecule has 2 N–H and O–H groups in total. The number of pyridine rings is 2. The molecule has 43 heavy (non-hydrogen) atoms.